The first-order chi connectivity index (χ1) is 9.06. The van der Waals surface area contributed by atoms with E-state index in [4.69, 9.17) is 5.39 Å². The van der Waals surface area contributed by atoms with Gasteiger partial charge in [-0.05, 0) is 19.1 Å². The van der Waals surface area contributed by atoms with Crippen molar-refractivity contribution in [2.75, 3.05) is 0 Å². The lowest BCUT2D eigenvalue weighted by molar-refractivity contribution is -0.116. The predicted molar refractivity (Wildman–Crippen MR) is 73.5 cm³/mol. The number of aliphatic hydroxyl groups is 1. The zero-order valence-corrected chi connectivity index (χ0v) is 11.0. The van der Waals surface area contributed by atoms with E-state index in [1.54, 1.807) is 24.3 Å². The molecule has 0 unspecified atom stereocenters. The molecule has 4 nitrogen and oxygen atoms in total. The number of carbonyl (C=O) groups excluding carboxylic acids is 1. The molecule has 0 aliphatic heterocycles. The average Bonchev–Trinajstić information content (AvgIpc) is 2.42. The van der Waals surface area contributed by atoms with Crippen LogP contribution < -0.4 is 0 Å². The summed E-state index contributed by atoms with van der Waals surface area (Å²) in [5, 5.41) is 18.6. The van der Waals surface area contributed by atoms with E-state index in [0.29, 0.717) is 24.0 Å². The van der Waals surface area contributed by atoms with Crippen molar-refractivity contribution in [3.8, 4) is 11.8 Å². The Balaban J connectivity index is 3.04. The summed E-state index contributed by atoms with van der Waals surface area (Å²) in [6.07, 6.45) is 0.902. The number of rotatable bonds is 3. The van der Waals surface area contributed by atoms with Crippen molar-refractivity contribution in [2.24, 2.45) is 0 Å². The van der Waals surface area contributed by atoms with Crippen molar-refractivity contribution >= 4 is 11.5 Å². The van der Waals surface area contributed by atoms with Crippen LogP contribution in [0.25, 0.3) is 10.7 Å². The van der Waals surface area contributed by atoms with Crippen LogP contribution in [-0.4, -0.2) is 10.9 Å². The Morgan fingerprint density at radius 1 is 1.37 bits per heavy atom. The average molecular weight is 255 g/mol. The van der Waals surface area contributed by atoms with E-state index in [2.05, 4.69) is 16.8 Å². The van der Waals surface area contributed by atoms with Gasteiger partial charge < -0.3 is 5.11 Å². The maximum absolute atomic E-state index is 10.8. The molecule has 1 rings (SSSR count). The Morgan fingerprint density at radius 3 is 2.68 bits per heavy atom. The van der Waals surface area contributed by atoms with Crippen LogP contribution in [0, 0.1) is 17.2 Å². The Hall–Kier alpha value is -2.59. The molecule has 1 N–H and O–H groups in total. The normalized spacial score (nSPS) is 10.8. The fraction of sp³-hybridized carbons (Fsp3) is 0.267. The van der Waals surface area contributed by atoms with Crippen molar-refractivity contribution in [1.82, 2.24) is 0 Å². The molecule has 0 bridgehead atoms. The summed E-state index contributed by atoms with van der Waals surface area (Å²) in [7, 11) is 0. The smallest absolute Gasteiger partial charge is 0.400 e. The first kappa shape index (κ1) is 14.5. The Kier molecular flexibility index (Phi) is 5.32. The second kappa shape index (κ2) is 6.98. The summed E-state index contributed by atoms with van der Waals surface area (Å²) >= 11 is 0. The minimum absolute atomic E-state index is 0.0975. The lowest BCUT2D eigenvalue weighted by Gasteiger charge is -2.00. The van der Waals surface area contributed by atoms with Crippen molar-refractivity contribution in [3.63, 3.8) is 0 Å². The van der Waals surface area contributed by atoms with Gasteiger partial charge in [-0.3, -0.25) is 4.79 Å². The van der Waals surface area contributed by atoms with Gasteiger partial charge in [-0.25, -0.2) is 0 Å². The van der Waals surface area contributed by atoms with E-state index in [1.165, 1.54) is 13.8 Å². The molecule has 0 atom stereocenters. The van der Waals surface area contributed by atoms with Crippen LogP contribution in [0.4, 0.5) is 0 Å². The molecule has 96 valence electrons. The SMILES string of the molecule is CC(=O)CCC#Cc1ccccc1/C(O)=C(\C)[N+]#N. The minimum atomic E-state index is -0.112. The molecular formula is C15H15N2O2+. The third kappa shape index (κ3) is 4.29. The molecule has 0 spiro atoms. The van der Waals surface area contributed by atoms with Gasteiger partial charge in [0.1, 0.15) is 5.78 Å². The summed E-state index contributed by atoms with van der Waals surface area (Å²) in [4.78, 5) is 13.8. The number of ketones is 1. The second-order valence-electron chi connectivity index (χ2n) is 4.08. The Morgan fingerprint density at radius 2 is 2.05 bits per heavy atom. The lowest BCUT2D eigenvalue weighted by Crippen LogP contribution is -1.91. The molecule has 0 amide bonds. The quantitative estimate of drug-likeness (QED) is 0.510. The van der Waals surface area contributed by atoms with Gasteiger partial charge >= 0.3 is 5.70 Å². The van der Waals surface area contributed by atoms with Gasteiger partial charge in [-0.15, -0.1) is 0 Å². The van der Waals surface area contributed by atoms with Crippen LogP contribution >= 0.6 is 0 Å². The third-order valence-corrected chi connectivity index (χ3v) is 2.50. The van der Waals surface area contributed by atoms with Crippen LogP contribution in [-0.2, 0) is 4.79 Å². The van der Waals surface area contributed by atoms with Gasteiger partial charge in [-0.2, -0.15) is 0 Å². The van der Waals surface area contributed by atoms with E-state index in [1.807, 2.05) is 0 Å². The van der Waals surface area contributed by atoms with E-state index >= 15 is 0 Å². The number of Topliss-reactive ketones (excluding diaryl/α,β-unsaturated/α-hetero) is 1. The van der Waals surface area contributed by atoms with Crippen LogP contribution in [0.3, 0.4) is 0 Å². The molecule has 0 aliphatic rings. The van der Waals surface area contributed by atoms with E-state index in [9.17, 15) is 9.90 Å². The summed E-state index contributed by atoms with van der Waals surface area (Å²) in [5.74, 6) is 5.78. The number of diazo groups is 1. The number of hydrogen-bond donors (Lipinski definition) is 1. The van der Waals surface area contributed by atoms with Crippen molar-refractivity contribution in [3.05, 3.63) is 46.1 Å². The zero-order chi connectivity index (χ0) is 14.3. The molecule has 4 heteroatoms. The Bertz CT molecular complexity index is 613. The molecule has 0 aliphatic carbocycles. The van der Waals surface area contributed by atoms with Crippen molar-refractivity contribution in [2.45, 2.75) is 26.7 Å². The van der Waals surface area contributed by atoms with Gasteiger partial charge in [-0.1, -0.05) is 24.0 Å². The maximum atomic E-state index is 10.8. The highest BCUT2D eigenvalue weighted by Gasteiger charge is 2.15. The summed E-state index contributed by atoms with van der Waals surface area (Å²) in [6.45, 7) is 3.02. The maximum Gasteiger partial charge on any atom is 0.400 e. The highest BCUT2D eigenvalue weighted by atomic mass is 16.3. The molecule has 1 aromatic rings. The molecule has 0 fully saturated rings. The molecule has 0 heterocycles. The summed E-state index contributed by atoms with van der Waals surface area (Å²) < 4.78 is 0. The van der Waals surface area contributed by atoms with Crippen LogP contribution in [0.1, 0.15) is 37.8 Å². The van der Waals surface area contributed by atoms with Crippen LogP contribution in [0.2, 0.25) is 0 Å². The molecule has 0 saturated carbocycles. The third-order valence-electron chi connectivity index (χ3n) is 2.50. The van der Waals surface area contributed by atoms with Crippen LogP contribution in [0.15, 0.2) is 30.0 Å². The molecular weight excluding hydrogens is 240 g/mol. The number of carbonyl (C=O) groups is 1. The fourth-order valence-electron chi connectivity index (χ4n) is 1.44. The number of allylic oxidation sites excluding steroid dienone is 1. The van der Waals surface area contributed by atoms with Gasteiger partial charge in [0.2, 0.25) is 11.2 Å². The topological polar surface area (TPSA) is 65.4 Å². The highest BCUT2D eigenvalue weighted by Crippen LogP contribution is 2.20. The zero-order valence-electron chi connectivity index (χ0n) is 11.0. The summed E-state index contributed by atoms with van der Waals surface area (Å²) in [6, 6.07) is 7.02. The number of nitrogens with zero attached hydrogens (tertiary/aromatic N) is 2. The molecule has 0 saturated heterocycles. The molecule has 1 aromatic carbocycles. The number of benzene rings is 1. The van der Waals surface area contributed by atoms with Gasteiger partial charge in [0, 0.05) is 30.9 Å². The van der Waals surface area contributed by atoms with Gasteiger partial charge in [0.25, 0.3) is 0 Å². The van der Waals surface area contributed by atoms with Gasteiger partial charge in [0.15, 0.2) is 4.98 Å². The second-order valence-corrected chi connectivity index (χ2v) is 4.08. The number of hydrogen-bond acceptors (Lipinski definition) is 3. The monoisotopic (exact) mass is 255 g/mol. The van der Waals surface area contributed by atoms with Crippen molar-refractivity contribution in [1.29, 1.82) is 5.39 Å². The first-order valence-electron chi connectivity index (χ1n) is 5.89. The van der Waals surface area contributed by atoms with E-state index in [0.717, 1.165) is 0 Å². The fourth-order valence-corrected chi connectivity index (χ4v) is 1.44. The van der Waals surface area contributed by atoms with E-state index < -0.39 is 0 Å². The molecule has 0 radical (unpaired) electrons. The minimum Gasteiger partial charge on any atom is -0.501 e. The van der Waals surface area contributed by atoms with Crippen LogP contribution in [0.5, 0.6) is 0 Å². The largest absolute Gasteiger partial charge is 0.501 e. The van der Waals surface area contributed by atoms with Crippen molar-refractivity contribution < 1.29 is 9.90 Å². The number of aliphatic hydroxyl groups excluding tert-OH is 1. The lowest BCUT2D eigenvalue weighted by atomic mass is 10.0. The standard InChI is InChI=1S/C15H14N2O2/c1-11(18)7-3-4-8-13-9-5-6-10-14(13)15(19)12(2)17-16/h5-6,9-10H,3,7H2,1-2H3/p+1/b15-12-. The predicted octanol–water partition coefficient (Wildman–Crippen LogP) is 3.51. The summed E-state index contributed by atoms with van der Waals surface area (Å²) in [5.41, 5.74) is 1.26. The molecule has 0 aromatic heterocycles. The molecule has 19 heavy (non-hydrogen) atoms. The Labute approximate surface area is 112 Å². The first-order valence-corrected chi connectivity index (χ1v) is 5.89. The van der Waals surface area contributed by atoms with E-state index in [-0.39, 0.29) is 17.2 Å². The highest BCUT2D eigenvalue weighted by molar-refractivity contribution is 5.75. The van der Waals surface area contributed by atoms with Gasteiger partial charge in [0.05, 0.1) is 0 Å².